The molecule has 0 radical (unpaired) electrons. The van der Waals surface area contributed by atoms with E-state index in [-0.39, 0.29) is 17.6 Å². The van der Waals surface area contributed by atoms with Crippen molar-refractivity contribution in [3.8, 4) is 11.1 Å². The normalized spacial score (nSPS) is 17.5. The largest absolute Gasteiger partial charge is 0.398 e. The maximum atomic E-state index is 12.3. The molecule has 5 nitrogen and oxygen atoms in total. The maximum Gasteiger partial charge on any atom is 0.231 e. The molecule has 0 fully saturated rings. The highest BCUT2D eigenvalue weighted by Crippen LogP contribution is 2.42. The van der Waals surface area contributed by atoms with Gasteiger partial charge in [-0.1, -0.05) is 24.3 Å². The second-order valence-corrected chi connectivity index (χ2v) is 5.90. The number of benzene rings is 2. The SMILES string of the molecule is CC1C(=O)Nc2ccc(C(=O)[C@H](C)N)c(N)c2-c2ccccc21. The highest BCUT2D eigenvalue weighted by Gasteiger charge is 2.28. The van der Waals surface area contributed by atoms with E-state index in [1.807, 2.05) is 31.2 Å². The van der Waals surface area contributed by atoms with Gasteiger partial charge in [-0.15, -0.1) is 0 Å². The Labute approximate surface area is 134 Å². The van der Waals surface area contributed by atoms with E-state index >= 15 is 0 Å². The van der Waals surface area contributed by atoms with Gasteiger partial charge in [0.15, 0.2) is 5.78 Å². The van der Waals surface area contributed by atoms with E-state index in [9.17, 15) is 9.59 Å². The van der Waals surface area contributed by atoms with Gasteiger partial charge in [-0.25, -0.2) is 0 Å². The third-order valence-electron chi connectivity index (χ3n) is 4.27. The molecule has 0 aromatic heterocycles. The molecule has 1 unspecified atom stereocenters. The molecule has 3 rings (SSSR count). The van der Waals surface area contributed by atoms with Crippen LogP contribution in [0.3, 0.4) is 0 Å². The molecule has 5 N–H and O–H groups in total. The molecule has 118 valence electrons. The summed E-state index contributed by atoms with van der Waals surface area (Å²) in [7, 11) is 0. The number of rotatable bonds is 2. The Morgan fingerprint density at radius 3 is 2.61 bits per heavy atom. The van der Waals surface area contributed by atoms with Crippen LogP contribution in [0.2, 0.25) is 0 Å². The molecule has 0 bridgehead atoms. The van der Waals surface area contributed by atoms with Crippen molar-refractivity contribution in [2.45, 2.75) is 25.8 Å². The highest BCUT2D eigenvalue weighted by molar-refractivity contribution is 6.12. The van der Waals surface area contributed by atoms with E-state index in [4.69, 9.17) is 11.5 Å². The number of nitrogen functional groups attached to an aromatic ring is 1. The fourth-order valence-corrected chi connectivity index (χ4v) is 2.96. The number of anilines is 2. The third kappa shape index (κ3) is 2.39. The zero-order chi connectivity index (χ0) is 16.7. The van der Waals surface area contributed by atoms with Gasteiger partial charge in [0.05, 0.1) is 23.3 Å². The third-order valence-corrected chi connectivity index (χ3v) is 4.27. The van der Waals surface area contributed by atoms with Crippen LogP contribution in [0.5, 0.6) is 0 Å². The van der Waals surface area contributed by atoms with Gasteiger partial charge in [-0.05, 0) is 37.1 Å². The van der Waals surface area contributed by atoms with Crippen LogP contribution in [0.1, 0.15) is 35.7 Å². The molecule has 0 saturated heterocycles. The molecule has 1 aliphatic rings. The second-order valence-electron chi connectivity index (χ2n) is 5.90. The van der Waals surface area contributed by atoms with Crippen molar-refractivity contribution in [3.05, 3.63) is 47.5 Å². The van der Waals surface area contributed by atoms with E-state index in [0.29, 0.717) is 22.5 Å². The van der Waals surface area contributed by atoms with Crippen LogP contribution >= 0.6 is 0 Å². The lowest BCUT2D eigenvalue weighted by molar-refractivity contribution is -0.117. The topological polar surface area (TPSA) is 98.2 Å². The Morgan fingerprint density at radius 2 is 1.91 bits per heavy atom. The first-order valence-electron chi connectivity index (χ1n) is 7.54. The van der Waals surface area contributed by atoms with Crippen molar-refractivity contribution >= 4 is 23.1 Å². The van der Waals surface area contributed by atoms with Gasteiger partial charge in [-0.3, -0.25) is 9.59 Å². The van der Waals surface area contributed by atoms with Crippen molar-refractivity contribution in [2.75, 3.05) is 11.1 Å². The smallest absolute Gasteiger partial charge is 0.231 e. The Balaban J connectivity index is 2.31. The molecular formula is C18H19N3O2. The molecule has 23 heavy (non-hydrogen) atoms. The Hall–Kier alpha value is -2.66. The van der Waals surface area contributed by atoms with Crippen LogP contribution in [-0.2, 0) is 4.79 Å². The minimum atomic E-state index is -0.634. The number of carbonyl (C=O) groups excluding carboxylic acids is 2. The molecule has 2 aromatic carbocycles. The molecular weight excluding hydrogens is 290 g/mol. The second kappa shape index (κ2) is 5.52. The molecule has 0 aliphatic carbocycles. The number of Topliss-reactive ketones (excluding diaryl/α,β-unsaturated/α-hetero) is 1. The van der Waals surface area contributed by atoms with Crippen LogP contribution < -0.4 is 16.8 Å². The average molecular weight is 309 g/mol. The summed E-state index contributed by atoms with van der Waals surface area (Å²) >= 11 is 0. The van der Waals surface area contributed by atoms with Gasteiger partial charge in [0, 0.05) is 11.1 Å². The summed E-state index contributed by atoms with van der Waals surface area (Å²) in [4.78, 5) is 24.6. The molecule has 0 saturated carbocycles. The molecule has 1 aliphatic heterocycles. The zero-order valence-corrected chi connectivity index (χ0v) is 13.1. The molecule has 1 amide bonds. The molecule has 5 heteroatoms. The van der Waals surface area contributed by atoms with Gasteiger partial charge >= 0.3 is 0 Å². The first kappa shape index (κ1) is 15.2. The zero-order valence-electron chi connectivity index (χ0n) is 13.1. The predicted octanol–water partition coefficient (Wildman–Crippen LogP) is 2.52. The monoisotopic (exact) mass is 309 g/mol. The summed E-state index contributed by atoms with van der Waals surface area (Å²) in [5.74, 6) is -0.612. The van der Waals surface area contributed by atoms with Gasteiger partial charge in [-0.2, -0.15) is 0 Å². The van der Waals surface area contributed by atoms with E-state index < -0.39 is 6.04 Å². The fourth-order valence-electron chi connectivity index (χ4n) is 2.96. The standard InChI is InChI=1S/C18H19N3O2/c1-9-11-5-3-4-6-12(11)15-14(21-18(9)23)8-7-13(16(15)20)17(22)10(2)19/h3-10H,19-20H2,1-2H3,(H,21,23)/t9?,10-/m0/s1. The van der Waals surface area contributed by atoms with Crippen molar-refractivity contribution in [2.24, 2.45) is 5.73 Å². The van der Waals surface area contributed by atoms with E-state index in [1.165, 1.54) is 0 Å². The van der Waals surface area contributed by atoms with Crippen molar-refractivity contribution in [1.29, 1.82) is 0 Å². The number of amides is 1. The fraction of sp³-hybridized carbons (Fsp3) is 0.222. The van der Waals surface area contributed by atoms with Gasteiger partial charge < -0.3 is 16.8 Å². The lowest BCUT2D eigenvalue weighted by Crippen LogP contribution is -2.27. The minimum absolute atomic E-state index is 0.0955. The highest BCUT2D eigenvalue weighted by atomic mass is 16.2. The van der Waals surface area contributed by atoms with Crippen LogP contribution in [0.25, 0.3) is 11.1 Å². The van der Waals surface area contributed by atoms with Crippen LogP contribution in [-0.4, -0.2) is 17.7 Å². The number of fused-ring (bicyclic) bond motifs is 3. The molecule has 2 aromatic rings. The van der Waals surface area contributed by atoms with E-state index in [1.54, 1.807) is 19.1 Å². The van der Waals surface area contributed by atoms with Crippen LogP contribution in [0.15, 0.2) is 36.4 Å². The van der Waals surface area contributed by atoms with Crippen LogP contribution in [0.4, 0.5) is 11.4 Å². The van der Waals surface area contributed by atoms with E-state index in [0.717, 1.165) is 11.1 Å². The van der Waals surface area contributed by atoms with Gasteiger partial charge in [0.2, 0.25) is 5.91 Å². The van der Waals surface area contributed by atoms with Gasteiger partial charge in [0.1, 0.15) is 0 Å². The quantitative estimate of drug-likeness (QED) is 0.586. The summed E-state index contributed by atoms with van der Waals surface area (Å²) in [6.07, 6.45) is 0. The van der Waals surface area contributed by atoms with E-state index in [2.05, 4.69) is 5.32 Å². The molecule has 2 atom stereocenters. The Bertz CT molecular complexity index is 812. The number of nitrogens with one attached hydrogen (secondary N) is 1. The number of carbonyl (C=O) groups is 2. The number of hydrogen-bond donors (Lipinski definition) is 3. The van der Waals surface area contributed by atoms with Crippen molar-refractivity contribution in [3.63, 3.8) is 0 Å². The van der Waals surface area contributed by atoms with Crippen LogP contribution in [0, 0.1) is 0 Å². The molecule has 0 spiro atoms. The first-order valence-corrected chi connectivity index (χ1v) is 7.54. The summed E-state index contributed by atoms with van der Waals surface area (Å²) in [6.45, 7) is 3.48. The Kier molecular flexibility index (Phi) is 3.66. The van der Waals surface area contributed by atoms with Gasteiger partial charge in [0.25, 0.3) is 0 Å². The summed E-state index contributed by atoms with van der Waals surface area (Å²) in [5, 5.41) is 2.89. The summed E-state index contributed by atoms with van der Waals surface area (Å²) in [6, 6.07) is 10.3. The number of hydrogen-bond acceptors (Lipinski definition) is 4. The predicted molar refractivity (Wildman–Crippen MR) is 91.3 cm³/mol. The first-order chi connectivity index (χ1) is 10.9. The lowest BCUT2D eigenvalue weighted by atomic mass is 9.89. The summed E-state index contributed by atoms with van der Waals surface area (Å²) < 4.78 is 0. The number of ketones is 1. The van der Waals surface area contributed by atoms with Crippen molar-refractivity contribution < 1.29 is 9.59 Å². The maximum absolute atomic E-state index is 12.3. The number of nitrogens with two attached hydrogens (primary N) is 2. The van der Waals surface area contributed by atoms with Crippen molar-refractivity contribution in [1.82, 2.24) is 0 Å². The molecule has 1 heterocycles. The summed E-state index contributed by atoms with van der Waals surface area (Å²) in [5.41, 5.74) is 15.8. The lowest BCUT2D eigenvalue weighted by Gasteiger charge is -2.16. The average Bonchev–Trinajstić information content (AvgIpc) is 2.63. The minimum Gasteiger partial charge on any atom is -0.398 e. The Morgan fingerprint density at radius 1 is 1.22 bits per heavy atom.